The molecule has 3 heteroatoms. The molecule has 1 aliphatic carbocycles. The van der Waals surface area contributed by atoms with Crippen LogP contribution < -0.4 is 5.73 Å². The predicted molar refractivity (Wildman–Crippen MR) is 58.2 cm³/mol. The van der Waals surface area contributed by atoms with Gasteiger partial charge in [-0.25, -0.2) is 4.39 Å². The van der Waals surface area contributed by atoms with Gasteiger partial charge in [0, 0.05) is 29.1 Å². The average molecular weight is 204 g/mol. The number of nitrogens with one attached hydrogen (secondary N) is 1. The fraction of sp³-hybridized carbons (Fsp3) is 0.333. The molecule has 78 valence electrons. The van der Waals surface area contributed by atoms with Crippen LogP contribution >= 0.6 is 0 Å². The predicted octanol–water partition coefficient (Wildman–Crippen LogP) is 2.30. The first-order chi connectivity index (χ1) is 7.27. The number of halogens is 1. The van der Waals surface area contributed by atoms with E-state index in [1.807, 2.05) is 12.3 Å². The van der Waals surface area contributed by atoms with Crippen molar-refractivity contribution in [2.45, 2.75) is 18.3 Å². The highest BCUT2D eigenvalue weighted by Crippen LogP contribution is 2.49. The van der Waals surface area contributed by atoms with Crippen molar-refractivity contribution in [3.63, 3.8) is 0 Å². The number of aromatic amines is 1. The van der Waals surface area contributed by atoms with Gasteiger partial charge < -0.3 is 10.7 Å². The molecule has 1 heterocycles. The Bertz CT molecular complexity index is 511. The Morgan fingerprint density at radius 2 is 2.20 bits per heavy atom. The van der Waals surface area contributed by atoms with E-state index in [-0.39, 0.29) is 11.2 Å². The van der Waals surface area contributed by atoms with Gasteiger partial charge in [-0.15, -0.1) is 0 Å². The summed E-state index contributed by atoms with van der Waals surface area (Å²) in [5, 5.41) is 0.723. The van der Waals surface area contributed by atoms with Crippen LogP contribution in [0.2, 0.25) is 0 Å². The number of benzene rings is 1. The summed E-state index contributed by atoms with van der Waals surface area (Å²) >= 11 is 0. The summed E-state index contributed by atoms with van der Waals surface area (Å²) in [7, 11) is 0. The van der Waals surface area contributed by atoms with Gasteiger partial charge in [-0.05, 0) is 30.5 Å². The van der Waals surface area contributed by atoms with Crippen molar-refractivity contribution in [2.24, 2.45) is 5.73 Å². The molecule has 3 rings (SSSR count). The lowest BCUT2D eigenvalue weighted by Crippen LogP contribution is -2.19. The smallest absolute Gasteiger partial charge is 0.132 e. The van der Waals surface area contributed by atoms with E-state index in [4.69, 9.17) is 5.73 Å². The van der Waals surface area contributed by atoms with Gasteiger partial charge in [0.15, 0.2) is 0 Å². The number of nitrogens with two attached hydrogens (primary N) is 1. The Hall–Kier alpha value is -1.35. The van der Waals surface area contributed by atoms with Crippen molar-refractivity contribution in [2.75, 3.05) is 6.54 Å². The molecule has 1 aromatic carbocycles. The Kier molecular flexibility index (Phi) is 1.68. The molecular weight excluding hydrogens is 191 g/mol. The molecule has 0 aliphatic heterocycles. The minimum absolute atomic E-state index is 0.0421. The van der Waals surface area contributed by atoms with Gasteiger partial charge in [-0.1, -0.05) is 6.07 Å². The van der Waals surface area contributed by atoms with Crippen molar-refractivity contribution >= 4 is 10.9 Å². The van der Waals surface area contributed by atoms with Gasteiger partial charge in [0.05, 0.1) is 0 Å². The van der Waals surface area contributed by atoms with Gasteiger partial charge in [0.25, 0.3) is 0 Å². The van der Waals surface area contributed by atoms with Crippen LogP contribution in [0.3, 0.4) is 0 Å². The van der Waals surface area contributed by atoms with Crippen LogP contribution in [0.5, 0.6) is 0 Å². The summed E-state index contributed by atoms with van der Waals surface area (Å²) in [6, 6.07) is 5.13. The molecule has 1 aliphatic rings. The number of aromatic nitrogens is 1. The second kappa shape index (κ2) is 2.83. The third-order valence-corrected chi connectivity index (χ3v) is 3.47. The number of hydrogen-bond acceptors (Lipinski definition) is 1. The van der Waals surface area contributed by atoms with E-state index in [1.54, 1.807) is 6.07 Å². The second-order valence-corrected chi connectivity index (χ2v) is 4.35. The highest BCUT2D eigenvalue weighted by Gasteiger charge is 2.44. The summed E-state index contributed by atoms with van der Waals surface area (Å²) in [5.41, 5.74) is 7.73. The molecule has 0 amide bonds. The molecule has 2 aromatic rings. The van der Waals surface area contributed by atoms with Crippen LogP contribution in [0.4, 0.5) is 4.39 Å². The molecule has 1 aromatic heterocycles. The molecule has 0 atom stereocenters. The largest absolute Gasteiger partial charge is 0.361 e. The van der Waals surface area contributed by atoms with Crippen molar-refractivity contribution in [1.29, 1.82) is 0 Å². The van der Waals surface area contributed by atoms with Crippen LogP contribution in [-0.4, -0.2) is 11.5 Å². The maximum atomic E-state index is 13.7. The topological polar surface area (TPSA) is 41.8 Å². The van der Waals surface area contributed by atoms with Gasteiger partial charge in [-0.3, -0.25) is 0 Å². The zero-order valence-electron chi connectivity index (χ0n) is 8.39. The average Bonchev–Trinajstić information content (AvgIpc) is 2.92. The Morgan fingerprint density at radius 3 is 2.87 bits per heavy atom. The fourth-order valence-corrected chi connectivity index (χ4v) is 2.29. The molecule has 3 N–H and O–H groups in total. The molecule has 0 saturated heterocycles. The molecule has 0 radical (unpaired) electrons. The first kappa shape index (κ1) is 8.92. The Balaban J connectivity index is 2.28. The molecular formula is C12H13FN2. The fourth-order valence-electron chi connectivity index (χ4n) is 2.29. The third kappa shape index (κ3) is 1.13. The maximum Gasteiger partial charge on any atom is 0.132 e. The SMILES string of the molecule is NCC1(c2c[nH]c3cccc(F)c23)CC1. The summed E-state index contributed by atoms with van der Waals surface area (Å²) < 4.78 is 13.7. The minimum Gasteiger partial charge on any atom is -0.361 e. The third-order valence-electron chi connectivity index (χ3n) is 3.47. The molecule has 0 bridgehead atoms. The first-order valence-electron chi connectivity index (χ1n) is 5.23. The summed E-state index contributed by atoms with van der Waals surface area (Å²) in [6.45, 7) is 0.605. The summed E-state index contributed by atoms with van der Waals surface area (Å²) in [4.78, 5) is 3.11. The molecule has 2 nitrogen and oxygen atoms in total. The van der Waals surface area contributed by atoms with Crippen LogP contribution in [-0.2, 0) is 5.41 Å². The van der Waals surface area contributed by atoms with E-state index < -0.39 is 0 Å². The highest BCUT2D eigenvalue weighted by atomic mass is 19.1. The van der Waals surface area contributed by atoms with E-state index in [1.165, 1.54) is 6.07 Å². The van der Waals surface area contributed by atoms with Crippen molar-refractivity contribution in [3.05, 3.63) is 35.8 Å². The van der Waals surface area contributed by atoms with Gasteiger partial charge in [0.2, 0.25) is 0 Å². The lowest BCUT2D eigenvalue weighted by atomic mass is 9.95. The summed E-state index contributed by atoms with van der Waals surface area (Å²) in [5.74, 6) is -0.150. The number of H-pyrrole nitrogens is 1. The van der Waals surface area contributed by atoms with Crippen molar-refractivity contribution in [1.82, 2.24) is 4.98 Å². The van der Waals surface area contributed by atoms with Gasteiger partial charge in [0.1, 0.15) is 5.82 Å². The van der Waals surface area contributed by atoms with Crippen LogP contribution in [0.1, 0.15) is 18.4 Å². The van der Waals surface area contributed by atoms with E-state index in [0.717, 1.165) is 29.3 Å². The minimum atomic E-state index is -0.150. The van der Waals surface area contributed by atoms with E-state index in [2.05, 4.69) is 4.98 Å². The molecule has 15 heavy (non-hydrogen) atoms. The highest BCUT2D eigenvalue weighted by molar-refractivity contribution is 5.85. The molecule has 0 spiro atoms. The monoisotopic (exact) mass is 204 g/mol. The molecule has 1 fully saturated rings. The number of fused-ring (bicyclic) bond motifs is 1. The lowest BCUT2D eigenvalue weighted by Gasteiger charge is -2.10. The molecule has 0 unspecified atom stereocenters. The van der Waals surface area contributed by atoms with Gasteiger partial charge >= 0.3 is 0 Å². The first-order valence-corrected chi connectivity index (χ1v) is 5.23. The Labute approximate surface area is 87.3 Å². The zero-order valence-corrected chi connectivity index (χ0v) is 8.39. The van der Waals surface area contributed by atoms with E-state index in [9.17, 15) is 4.39 Å². The van der Waals surface area contributed by atoms with Crippen molar-refractivity contribution in [3.8, 4) is 0 Å². The number of hydrogen-bond donors (Lipinski definition) is 2. The van der Waals surface area contributed by atoms with E-state index >= 15 is 0 Å². The maximum absolute atomic E-state index is 13.7. The number of rotatable bonds is 2. The standard InChI is InChI=1S/C12H13FN2/c13-9-2-1-3-10-11(9)8(6-15-10)12(7-14)4-5-12/h1-3,6,15H,4-5,7,14H2. The normalized spacial score (nSPS) is 18.3. The van der Waals surface area contributed by atoms with Crippen LogP contribution in [0.25, 0.3) is 10.9 Å². The lowest BCUT2D eigenvalue weighted by molar-refractivity contribution is 0.634. The quantitative estimate of drug-likeness (QED) is 0.774. The van der Waals surface area contributed by atoms with E-state index in [0.29, 0.717) is 6.54 Å². The molecule has 1 saturated carbocycles. The van der Waals surface area contributed by atoms with Crippen LogP contribution in [0.15, 0.2) is 24.4 Å². The zero-order chi connectivity index (χ0) is 10.5. The second-order valence-electron chi connectivity index (χ2n) is 4.35. The van der Waals surface area contributed by atoms with Crippen LogP contribution in [0, 0.1) is 5.82 Å². The summed E-state index contributed by atoms with van der Waals surface area (Å²) in [6.07, 6.45) is 4.06. The Morgan fingerprint density at radius 1 is 1.40 bits per heavy atom. The van der Waals surface area contributed by atoms with Crippen molar-refractivity contribution < 1.29 is 4.39 Å². The van der Waals surface area contributed by atoms with Gasteiger partial charge in [-0.2, -0.15) is 0 Å².